The van der Waals surface area contributed by atoms with E-state index in [0.29, 0.717) is 33.7 Å². The fourth-order valence-electron chi connectivity index (χ4n) is 2.98. The molecule has 2 N–H and O–H groups in total. The molecule has 2 aromatic rings. The van der Waals surface area contributed by atoms with Crippen LogP contribution in [0.1, 0.15) is 18.4 Å². The molecule has 0 aliphatic carbocycles. The van der Waals surface area contributed by atoms with Crippen LogP contribution in [0, 0.1) is 0 Å². The highest BCUT2D eigenvalue weighted by atomic mass is 35.5. The van der Waals surface area contributed by atoms with Gasteiger partial charge in [-0.15, -0.1) is 0 Å². The number of hydrogen-bond donors (Lipinski definition) is 2. The van der Waals surface area contributed by atoms with Crippen molar-refractivity contribution in [2.75, 3.05) is 11.9 Å². The number of amides is 3. The van der Waals surface area contributed by atoms with Crippen LogP contribution in [0.15, 0.2) is 42.5 Å². The molecule has 8 heteroatoms. The van der Waals surface area contributed by atoms with E-state index in [0.717, 1.165) is 12.0 Å². The van der Waals surface area contributed by atoms with Crippen LogP contribution in [-0.2, 0) is 11.3 Å². The molecule has 0 bridgehead atoms. The van der Waals surface area contributed by atoms with E-state index >= 15 is 0 Å². The van der Waals surface area contributed by atoms with Crippen LogP contribution in [0.4, 0.5) is 10.5 Å². The molecule has 2 aromatic carbocycles. The fourth-order valence-corrected chi connectivity index (χ4v) is 3.58. The first kappa shape index (κ1) is 19.8. The number of carbonyl (C=O) groups excluding carboxylic acids is 2. The minimum absolute atomic E-state index is 0.204. The van der Waals surface area contributed by atoms with Crippen LogP contribution < -0.4 is 10.6 Å². The molecule has 3 amide bonds. The summed E-state index contributed by atoms with van der Waals surface area (Å²) in [5.74, 6) is -0.204. The van der Waals surface area contributed by atoms with Crippen molar-refractivity contribution >= 4 is 52.4 Å². The summed E-state index contributed by atoms with van der Waals surface area (Å²) in [6, 6.07) is 11.1. The van der Waals surface area contributed by atoms with Crippen LogP contribution in [0.25, 0.3) is 0 Å². The Morgan fingerprint density at radius 3 is 2.44 bits per heavy atom. The summed E-state index contributed by atoms with van der Waals surface area (Å²) in [5.41, 5.74) is 1.40. The number of nitrogens with one attached hydrogen (secondary N) is 2. The third kappa shape index (κ3) is 5.06. The van der Waals surface area contributed by atoms with Crippen molar-refractivity contribution in [3.05, 3.63) is 63.1 Å². The highest BCUT2D eigenvalue weighted by Crippen LogP contribution is 2.22. The lowest BCUT2D eigenvalue weighted by molar-refractivity contribution is -0.124. The topological polar surface area (TPSA) is 61.4 Å². The van der Waals surface area contributed by atoms with E-state index in [2.05, 4.69) is 10.6 Å². The first-order valence-corrected chi connectivity index (χ1v) is 9.62. The van der Waals surface area contributed by atoms with Gasteiger partial charge in [-0.05, 0) is 54.8 Å². The third-order valence-corrected chi connectivity index (χ3v) is 5.22. The van der Waals surface area contributed by atoms with Crippen molar-refractivity contribution < 1.29 is 9.59 Å². The largest absolute Gasteiger partial charge is 0.350 e. The van der Waals surface area contributed by atoms with E-state index in [1.165, 1.54) is 0 Å². The van der Waals surface area contributed by atoms with Gasteiger partial charge in [-0.1, -0.05) is 40.9 Å². The maximum absolute atomic E-state index is 12.6. The summed E-state index contributed by atoms with van der Waals surface area (Å²) in [7, 11) is 0. The Bertz CT molecular complexity index is 843. The van der Waals surface area contributed by atoms with Gasteiger partial charge in [0.05, 0.1) is 0 Å². The smallest absolute Gasteiger partial charge is 0.322 e. The first-order valence-electron chi connectivity index (χ1n) is 8.49. The summed E-state index contributed by atoms with van der Waals surface area (Å²) in [5, 5.41) is 7.27. The molecule has 1 heterocycles. The van der Waals surface area contributed by atoms with Crippen molar-refractivity contribution in [1.29, 1.82) is 0 Å². The van der Waals surface area contributed by atoms with E-state index < -0.39 is 6.04 Å². The zero-order chi connectivity index (χ0) is 19.4. The van der Waals surface area contributed by atoms with Gasteiger partial charge in [0.15, 0.2) is 0 Å². The van der Waals surface area contributed by atoms with Crippen LogP contribution in [0.3, 0.4) is 0 Å². The van der Waals surface area contributed by atoms with Gasteiger partial charge in [0, 0.05) is 33.8 Å². The van der Waals surface area contributed by atoms with Crippen LogP contribution in [0.2, 0.25) is 15.1 Å². The molecular weight excluding hydrogens is 409 g/mol. The second-order valence-electron chi connectivity index (χ2n) is 6.24. The molecule has 1 fully saturated rings. The van der Waals surface area contributed by atoms with E-state index in [-0.39, 0.29) is 18.5 Å². The second kappa shape index (κ2) is 8.83. The third-order valence-electron chi connectivity index (χ3n) is 4.38. The van der Waals surface area contributed by atoms with Gasteiger partial charge in [0.1, 0.15) is 6.04 Å². The van der Waals surface area contributed by atoms with Gasteiger partial charge in [-0.3, -0.25) is 4.79 Å². The summed E-state index contributed by atoms with van der Waals surface area (Å²) < 4.78 is 0. The zero-order valence-corrected chi connectivity index (χ0v) is 16.6. The minimum atomic E-state index is -0.511. The molecule has 1 atom stereocenters. The molecule has 3 rings (SSSR count). The monoisotopic (exact) mass is 425 g/mol. The van der Waals surface area contributed by atoms with E-state index in [1.807, 2.05) is 0 Å². The Morgan fingerprint density at radius 1 is 1.04 bits per heavy atom. The molecule has 142 valence electrons. The number of urea groups is 1. The molecule has 0 radical (unpaired) electrons. The van der Waals surface area contributed by atoms with E-state index in [9.17, 15) is 9.59 Å². The highest BCUT2D eigenvalue weighted by Gasteiger charge is 2.34. The number of carbonyl (C=O) groups is 2. The quantitative estimate of drug-likeness (QED) is 0.726. The van der Waals surface area contributed by atoms with Crippen LogP contribution in [0.5, 0.6) is 0 Å². The maximum atomic E-state index is 12.6. The summed E-state index contributed by atoms with van der Waals surface area (Å²) in [6.45, 7) is 0.803. The standard InChI is InChI=1S/C19H18Cl3N3O2/c20-13-5-7-15(8-6-13)24-19(27)25-9-1-2-17(25)18(26)23-11-12-3-4-14(21)10-16(12)22/h3-8,10,17H,1-2,9,11H2,(H,23,26)(H,24,27)/t17-/m0/s1. The Labute approximate surface area is 172 Å². The van der Waals surface area contributed by atoms with Crippen molar-refractivity contribution in [3.63, 3.8) is 0 Å². The Kier molecular flexibility index (Phi) is 6.47. The average Bonchev–Trinajstić information content (AvgIpc) is 3.13. The molecule has 1 aliphatic rings. The maximum Gasteiger partial charge on any atom is 0.322 e. The molecule has 0 unspecified atom stereocenters. The average molecular weight is 427 g/mol. The lowest BCUT2D eigenvalue weighted by Gasteiger charge is -2.24. The van der Waals surface area contributed by atoms with Gasteiger partial charge in [-0.25, -0.2) is 4.79 Å². The van der Waals surface area contributed by atoms with Gasteiger partial charge < -0.3 is 15.5 Å². The predicted octanol–water partition coefficient (Wildman–Crippen LogP) is 4.96. The fraction of sp³-hybridized carbons (Fsp3) is 0.263. The van der Waals surface area contributed by atoms with Crippen molar-refractivity contribution in [1.82, 2.24) is 10.2 Å². The van der Waals surface area contributed by atoms with Crippen LogP contribution >= 0.6 is 34.8 Å². The molecular formula is C19H18Cl3N3O2. The highest BCUT2D eigenvalue weighted by molar-refractivity contribution is 6.35. The second-order valence-corrected chi connectivity index (χ2v) is 7.52. The molecule has 5 nitrogen and oxygen atoms in total. The lowest BCUT2D eigenvalue weighted by Crippen LogP contribution is -2.47. The number of hydrogen-bond acceptors (Lipinski definition) is 2. The van der Waals surface area contributed by atoms with Gasteiger partial charge >= 0.3 is 6.03 Å². The number of rotatable bonds is 4. The summed E-state index contributed by atoms with van der Waals surface area (Å²) >= 11 is 17.9. The zero-order valence-electron chi connectivity index (χ0n) is 14.3. The summed E-state index contributed by atoms with van der Waals surface area (Å²) in [4.78, 5) is 26.7. The Hall–Kier alpha value is -1.95. The van der Waals surface area contributed by atoms with E-state index in [1.54, 1.807) is 47.4 Å². The number of halogens is 3. The van der Waals surface area contributed by atoms with Gasteiger partial charge in [0.25, 0.3) is 0 Å². The molecule has 27 heavy (non-hydrogen) atoms. The number of nitrogens with zero attached hydrogens (tertiary/aromatic N) is 1. The molecule has 1 aliphatic heterocycles. The van der Waals surface area contributed by atoms with Crippen molar-refractivity contribution in [3.8, 4) is 0 Å². The Morgan fingerprint density at radius 2 is 1.74 bits per heavy atom. The van der Waals surface area contributed by atoms with Gasteiger partial charge in [-0.2, -0.15) is 0 Å². The SMILES string of the molecule is O=C(NCc1ccc(Cl)cc1Cl)[C@@H]1CCCN1C(=O)Nc1ccc(Cl)cc1. The predicted molar refractivity (Wildman–Crippen MR) is 109 cm³/mol. The molecule has 0 saturated carbocycles. The minimum Gasteiger partial charge on any atom is -0.350 e. The lowest BCUT2D eigenvalue weighted by atomic mass is 10.2. The van der Waals surface area contributed by atoms with Crippen molar-refractivity contribution in [2.45, 2.75) is 25.4 Å². The first-order chi connectivity index (χ1) is 12.9. The number of benzene rings is 2. The van der Waals surface area contributed by atoms with Crippen molar-refractivity contribution in [2.24, 2.45) is 0 Å². The number of likely N-dealkylation sites (tertiary alicyclic amines) is 1. The number of anilines is 1. The molecule has 0 spiro atoms. The van der Waals surface area contributed by atoms with Crippen LogP contribution in [-0.4, -0.2) is 29.4 Å². The molecule has 1 saturated heterocycles. The van der Waals surface area contributed by atoms with Gasteiger partial charge in [0.2, 0.25) is 5.91 Å². The molecule has 0 aromatic heterocycles. The Balaban J connectivity index is 1.60. The summed E-state index contributed by atoms with van der Waals surface area (Å²) in [6.07, 6.45) is 1.39. The van der Waals surface area contributed by atoms with E-state index in [4.69, 9.17) is 34.8 Å². The normalized spacial score (nSPS) is 16.3.